The first-order valence-electron chi connectivity index (χ1n) is 33.0. The Morgan fingerprint density at radius 3 is 1.39 bits per heavy atom. The van der Waals surface area contributed by atoms with Crippen molar-refractivity contribution in [2.45, 2.75) is 93.2 Å². The van der Waals surface area contributed by atoms with Crippen molar-refractivity contribution in [3.05, 3.63) is 265 Å². The number of nitrogens with two attached hydrogens (primary N) is 4. The second kappa shape index (κ2) is 40.5. The highest BCUT2D eigenvalue weighted by Crippen LogP contribution is 2.27. The maximum atomic E-state index is 12.5. The third-order valence-corrected chi connectivity index (χ3v) is 15.3. The molecule has 1 saturated carbocycles. The number of hydrogen-bond donors (Lipinski definition) is 6. The van der Waals surface area contributed by atoms with Gasteiger partial charge in [-0.2, -0.15) is 60.2 Å². The highest BCUT2D eigenvalue weighted by atomic mass is 19.1. The molecule has 1 fully saturated rings. The number of nitrogens with zero attached hydrogens (tertiary/aromatic N) is 22. The summed E-state index contributed by atoms with van der Waals surface area (Å²) in [6, 6.07) is 29.8. The predicted molar refractivity (Wildman–Crippen MR) is 399 cm³/mol. The SMILES string of the molecule is C1=CN=NC1.CCOC(C)=O.Cc1cc(N)ccc1-n1ccnn1.Cc1cc(N)ccc1-n1nccn1.Cc1cc(Nc2nc(N[C@@H]3CCCC[C@@H]3N)ncc2C(N)=O)ccc1-n1nccn1.Cc1cc([N+](=O)[O-])ccc1-n1ccnn1.Cc1cc([N+](=O)[O-])ccc1-n1nccn1.Cc1cc([N+](=O)[O-])ccc1F. The number of esters is 1. The molecular weight excluding hydrogens is 1400 g/mol. The van der Waals surface area contributed by atoms with Gasteiger partial charge in [0, 0.05) is 84.9 Å². The lowest BCUT2D eigenvalue weighted by Crippen LogP contribution is -2.43. The number of nitrogen functional groups attached to an aromatic ring is 2. The molecule has 0 unspecified atom stereocenters. The number of nitro groups is 3. The molecular formula is C70H79FN28O9. The van der Waals surface area contributed by atoms with Crippen molar-refractivity contribution in [2.75, 3.05) is 35.3 Å². The zero-order chi connectivity index (χ0) is 78.2. The second-order valence-electron chi connectivity index (χ2n) is 23.3. The van der Waals surface area contributed by atoms with E-state index in [4.69, 9.17) is 22.9 Å². The van der Waals surface area contributed by atoms with Crippen molar-refractivity contribution >= 4 is 57.8 Å². The van der Waals surface area contributed by atoms with E-state index < -0.39 is 26.5 Å². The number of ether oxygens (including phenoxy) is 1. The van der Waals surface area contributed by atoms with Gasteiger partial charge in [-0.3, -0.25) is 39.9 Å². The number of amides is 1. The summed E-state index contributed by atoms with van der Waals surface area (Å²) < 4.78 is 20.2. The van der Waals surface area contributed by atoms with Crippen molar-refractivity contribution in [2.24, 2.45) is 21.7 Å². The van der Waals surface area contributed by atoms with Gasteiger partial charge < -0.3 is 38.3 Å². The Bertz CT molecular complexity index is 4780. The number of azo groups is 1. The molecule has 1 amide bonds. The molecule has 1 aliphatic carbocycles. The first kappa shape index (κ1) is 81.0. The molecule has 38 heteroatoms. The summed E-state index contributed by atoms with van der Waals surface area (Å²) in [6.45, 7) is 15.4. The zero-order valence-electron chi connectivity index (χ0n) is 60.0. The maximum Gasteiger partial charge on any atom is 0.302 e. The van der Waals surface area contributed by atoms with Crippen LogP contribution in [0.1, 0.15) is 83.3 Å². The van der Waals surface area contributed by atoms with E-state index in [0.717, 1.165) is 118 Å². The number of primary amides is 1. The molecule has 2 atom stereocenters. The Balaban J connectivity index is 0.000000181. The van der Waals surface area contributed by atoms with Gasteiger partial charge in [0.1, 0.15) is 17.2 Å². The monoisotopic (exact) mass is 1470 g/mol. The van der Waals surface area contributed by atoms with Gasteiger partial charge in [0.25, 0.3) is 23.0 Å². The Morgan fingerprint density at radius 2 is 1.02 bits per heavy atom. The van der Waals surface area contributed by atoms with E-state index in [1.807, 2.05) is 81.4 Å². The van der Waals surface area contributed by atoms with E-state index in [0.29, 0.717) is 23.9 Å². The van der Waals surface area contributed by atoms with E-state index in [1.165, 1.54) is 55.2 Å². The molecule has 2 aliphatic rings. The average Bonchev–Trinajstić information content (AvgIpc) is 0.888. The molecule has 0 saturated heterocycles. The quantitative estimate of drug-likeness (QED) is 0.0255. The van der Waals surface area contributed by atoms with Gasteiger partial charge in [0.15, 0.2) is 0 Å². The third-order valence-electron chi connectivity index (χ3n) is 15.3. The number of aromatic nitrogens is 17. The molecule has 12 aromatic rings. The van der Waals surface area contributed by atoms with Crippen molar-refractivity contribution in [3.63, 3.8) is 0 Å². The van der Waals surface area contributed by atoms with Crippen molar-refractivity contribution < 1.29 is 33.5 Å². The first-order chi connectivity index (χ1) is 51.8. The van der Waals surface area contributed by atoms with Crippen LogP contribution in [0, 0.1) is 77.7 Å². The topological polar surface area (TPSA) is 505 Å². The van der Waals surface area contributed by atoms with Gasteiger partial charge in [0.2, 0.25) is 5.95 Å². The number of nitrogens with one attached hydrogen (secondary N) is 2. The molecule has 37 nitrogen and oxygen atoms in total. The lowest BCUT2D eigenvalue weighted by Gasteiger charge is -2.29. The van der Waals surface area contributed by atoms with E-state index in [2.05, 4.69) is 86.8 Å². The average molecular weight is 1480 g/mol. The Labute approximate surface area is 617 Å². The van der Waals surface area contributed by atoms with Crippen LogP contribution >= 0.6 is 0 Å². The molecule has 0 bridgehead atoms. The standard InChI is InChI=1S/C20H25N9O.2C9H8N4O2.2C9H10N4.C7H6FNO2.C4H8O2.C3H4N2/c1-12-10-13(6-7-17(12)29-24-8-9-25-29)26-19-14(18(22)30)11-23-20(28-19)27-16-5-3-2-4-15(16)21;1-7-6-8(13(14)15)2-3-9(7)12-5-4-10-11-12;1-7-6-8(13(14)15)2-3-9(7)12-10-4-5-11-12;1-7-6-8(10)2-3-9(7)13-5-4-11-12-13;1-7-6-8(10)2-3-9(7)13-11-4-5-12-13;1-5-4-6(9(10)11)2-3-7(5)8;1-3-6-4(2)5;1-2-4-5-3-1/h6-11,15-16H,2-5,21H2,1H3,(H2,22,30)(H2,23,26,27,28);2*2-6H,1H3;2*2-6H,10H2,1H3;2-4H,1H3;3H2,1-2H3;1-2H,3H2/t15-,16+;;;;;;;/m0......./s1. The molecule has 0 spiro atoms. The Hall–Kier alpha value is -14.3. The number of halogens is 1. The fraction of sp³-hybridized carbons (Fsp3) is 0.229. The summed E-state index contributed by atoms with van der Waals surface area (Å²) in [5.74, 6) is -0.478. The van der Waals surface area contributed by atoms with Gasteiger partial charge in [-0.1, -0.05) is 23.3 Å². The number of non-ortho nitro benzene ring substituents is 3. The molecule has 108 heavy (non-hydrogen) atoms. The van der Waals surface area contributed by atoms with Crippen LogP contribution in [0.5, 0.6) is 0 Å². The molecule has 0 radical (unpaired) electrons. The van der Waals surface area contributed by atoms with Crippen molar-refractivity contribution in [1.82, 2.24) is 84.9 Å². The van der Waals surface area contributed by atoms with Gasteiger partial charge in [0.05, 0.1) is 118 Å². The third kappa shape index (κ3) is 24.7. The molecule has 1 aliphatic heterocycles. The van der Waals surface area contributed by atoms with Crippen LogP contribution < -0.4 is 33.6 Å². The molecule has 7 heterocycles. The summed E-state index contributed by atoms with van der Waals surface area (Å²) in [5.41, 5.74) is 34.9. The maximum absolute atomic E-state index is 12.5. The molecule has 6 aromatic heterocycles. The van der Waals surface area contributed by atoms with Crippen LogP contribution in [0.2, 0.25) is 0 Å². The number of nitro benzene ring substituents is 3. The van der Waals surface area contributed by atoms with Crippen LogP contribution in [-0.4, -0.2) is 137 Å². The zero-order valence-corrected chi connectivity index (χ0v) is 60.0. The smallest absolute Gasteiger partial charge is 0.302 e. The normalized spacial score (nSPS) is 12.7. The van der Waals surface area contributed by atoms with Gasteiger partial charge in [-0.05, 0) is 174 Å². The van der Waals surface area contributed by atoms with Crippen molar-refractivity contribution in [1.29, 1.82) is 0 Å². The Morgan fingerprint density at radius 1 is 0.583 bits per heavy atom. The van der Waals surface area contributed by atoms with E-state index >= 15 is 0 Å². The minimum absolute atomic E-state index is 0.0562. The summed E-state index contributed by atoms with van der Waals surface area (Å²) in [7, 11) is 0. The Kier molecular flexibility index (Phi) is 30.4. The van der Waals surface area contributed by atoms with Crippen LogP contribution in [0.15, 0.2) is 200 Å². The summed E-state index contributed by atoms with van der Waals surface area (Å²) >= 11 is 0. The minimum Gasteiger partial charge on any atom is -0.466 e. The fourth-order valence-electron chi connectivity index (χ4n) is 10.0. The largest absolute Gasteiger partial charge is 0.466 e. The number of hydrogen-bond acceptors (Lipinski definition) is 28. The molecule has 14 rings (SSSR count). The van der Waals surface area contributed by atoms with Crippen LogP contribution in [0.4, 0.5) is 50.3 Å². The predicted octanol–water partition coefficient (Wildman–Crippen LogP) is 10.8. The lowest BCUT2D eigenvalue weighted by atomic mass is 9.91. The molecule has 6 aromatic carbocycles. The van der Waals surface area contributed by atoms with E-state index in [9.17, 15) is 44.3 Å². The number of carbonyl (C=O) groups excluding carboxylic acids is 2. The second-order valence-corrected chi connectivity index (χ2v) is 23.3. The highest BCUT2D eigenvalue weighted by molar-refractivity contribution is 5.98. The molecule has 10 N–H and O–H groups in total. The van der Waals surface area contributed by atoms with Gasteiger partial charge >= 0.3 is 5.97 Å². The lowest BCUT2D eigenvalue weighted by molar-refractivity contribution is -0.385. The number of carbonyl (C=O) groups is 2. The van der Waals surface area contributed by atoms with E-state index in [-0.39, 0.29) is 40.7 Å². The van der Waals surface area contributed by atoms with E-state index in [1.54, 1.807) is 120 Å². The first-order valence-corrected chi connectivity index (χ1v) is 33.0. The summed E-state index contributed by atoms with van der Waals surface area (Å²) in [5, 5.41) is 84.3. The highest BCUT2D eigenvalue weighted by Gasteiger charge is 2.24. The summed E-state index contributed by atoms with van der Waals surface area (Å²) in [4.78, 5) is 64.8. The number of rotatable bonds is 14. The van der Waals surface area contributed by atoms with Crippen LogP contribution in [-0.2, 0) is 9.53 Å². The molecule has 560 valence electrons. The number of benzene rings is 6. The van der Waals surface area contributed by atoms with Crippen molar-refractivity contribution in [3.8, 4) is 28.4 Å². The van der Waals surface area contributed by atoms with Gasteiger partial charge in [-0.15, -0.1) is 10.2 Å². The number of aryl methyl sites for hydroxylation is 6. The number of anilines is 5. The van der Waals surface area contributed by atoms with Crippen LogP contribution in [0.3, 0.4) is 0 Å². The van der Waals surface area contributed by atoms with Crippen LogP contribution in [0.25, 0.3) is 28.4 Å². The minimum atomic E-state index is -0.604. The fourth-order valence-corrected chi connectivity index (χ4v) is 10.0. The van der Waals surface area contributed by atoms with Gasteiger partial charge in [-0.25, -0.2) is 18.7 Å². The summed E-state index contributed by atoms with van der Waals surface area (Å²) in [6.07, 6.45) is 25.6.